The van der Waals surface area contributed by atoms with Crippen molar-refractivity contribution in [3.05, 3.63) is 58.2 Å². The highest BCUT2D eigenvalue weighted by atomic mass is 16.7. The monoisotopic (exact) mass is 710 g/mol. The van der Waals surface area contributed by atoms with E-state index in [1.807, 2.05) is 0 Å². The first-order chi connectivity index (χ1) is 23.7. The van der Waals surface area contributed by atoms with E-state index in [0.29, 0.717) is 0 Å². The van der Waals surface area contributed by atoms with Gasteiger partial charge in [-0.15, -0.1) is 6.58 Å². The number of esters is 1. The second-order valence-corrected chi connectivity index (χ2v) is 12.6. The molecule has 3 fully saturated rings. The third-order valence-electron chi connectivity index (χ3n) is 9.54. The quantitative estimate of drug-likeness (QED) is 0.0991. The van der Waals surface area contributed by atoms with Crippen molar-refractivity contribution in [3.63, 3.8) is 0 Å². The Hall–Kier alpha value is -3.66. The molecule has 0 saturated carbocycles. The molecule has 6 rings (SSSR count). The lowest BCUT2D eigenvalue weighted by Crippen LogP contribution is -2.62. The van der Waals surface area contributed by atoms with Crippen molar-refractivity contribution in [2.24, 2.45) is 5.92 Å². The number of benzene rings is 1. The highest BCUT2D eigenvalue weighted by Crippen LogP contribution is 2.47. The lowest BCUT2D eigenvalue weighted by atomic mass is 9.75. The highest BCUT2D eigenvalue weighted by molar-refractivity contribution is 5.91. The second-order valence-electron chi connectivity index (χ2n) is 12.6. The largest absolute Gasteiger partial charge is 0.507 e. The van der Waals surface area contributed by atoms with Gasteiger partial charge in [0.2, 0.25) is 11.7 Å². The van der Waals surface area contributed by atoms with Gasteiger partial charge in [-0.3, -0.25) is 4.79 Å². The van der Waals surface area contributed by atoms with Gasteiger partial charge < -0.3 is 78.8 Å². The van der Waals surface area contributed by atoms with Crippen LogP contribution in [0.1, 0.15) is 23.8 Å². The Morgan fingerprint density at radius 1 is 0.920 bits per heavy atom. The van der Waals surface area contributed by atoms with Crippen LogP contribution in [0.3, 0.4) is 0 Å². The smallest absolute Gasteiger partial charge is 0.338 e. The Morgan fingerprint density at radius 2 is 1.54 bits per heavy atom. The van der Waals surface area contributed by atoms with E-state index in [1.165, 1.54) is 25.3 Å². The van der Waals surface area contributed by atoms with Gasteiger partial charge >= 0.3 is 5.97 Å². The molecule has 3 saturated heterocycles. The minimum Gasteiger partial charge on any atom is -0.507 e. The van der Waals surface area contributed by atoms with Crippen LogP contribution in [0.4, 0.5) is 0 Å². The number of hydrogen-bond acceptors (Lipinski definition) is 18. The molecule has 274 valence electrons. The average molecular weight is 711 g/mol. The van der Waals surface area contributed by atoms with Crippen molar-refractivity contribution in [2.45, 2.75) is 86.5 Å². The Morgan fingerprint density at radius 3 is 2.16 bits per heavy atom. The van der Waals surface area contributed by atoms with Gasteiger partial charge in [0.05, 0.1) is 30.6 Å². The summed E-state index contributed by atoms with van der Waals surface area (Å²) >= 11 is 0. The summed E-state index contributed by atoms with van der Waals surface area (Å²) in [6.45, 7) is 3.57. The van der Waals surface area contributed by atoms with Crippen molar-refractivity contribution in [1.82, 2.24) is 0 Å². The maximum Gasteiger partial charge on any atom is 0.338 e. The number of carbonyl (C=O) groups is 1. The van der Waals surface area contributed by atoms with Crippen molar-refractivity contribution in [3.8, 4) is 11.5 Å². The number of fused-ring (bicyclic) bond motifs is 2. The first kappa shape index (κ1) is 36.1. The Bertz CT molecular complexity index is 1700. The summed E-state index contributed by atoms with van der Waals surface area (Å²) in [5, 5.41) is 91.3. The molecule has 0 amide bonds. The first-order valence-corrected chi connectivity index (χ1v) is 15.7. The molecule has 18 heteroatoms. The fourth-order valence-electron chi connectivity index (χ4n) is 6.75. The zero-order chi connectivity index (χ0) is 36.2. The second kappa shape index (κ2) is 13.8. The van der Waals surface area contributed by atoms with Crippen molar-refractivity contribution < 1.29 is 83.6 Å². The topological polar surface area (TPSA) is 285 Å². The van der Waals surface area contributed by atoms with Crippen LogP contribution in [-0.4, -0.2) is 139 Å². The number of aliphatic hydroxyl groups is 8. The van der Waals surface area contributed by atoms with Crippen LogP contribution < -0.4 is 10.2 Å². The number of phenolic OH excluding ortho intramolecular Hbond substituents is 1. The number of aryl methyl sites for hydroxylation is 1. The predicted molar refractivity (Wildman–Crippen MR) is 162 cm³/mol. The van der Waals surface area contributed by atoms with Crippen LogP contribution in [0.15, 0.2) is 45.8 Å². The summed E-state index contributed by atoms with van der Waals surface area (Å²) in [7, 11) is 0. The molecule has 9 N–H and O–H groups in total. The molecule has 1 aromatic heterocycles. The maximum absolute atomic E-state index is 14.0. The average Bonchev–Trinajstić information content (AvgIpc) is 3.08. The van der Waals surface area contributed by atoms with Gasteiger partial charge in [0.1, 0.15) is 95.4 Å². The van der Waals surface area contributed by atoms with Crippen LogP contribution in [0.2, 0.25) is 0 Å². The molecule has 0 spiro atoms. The van der Waals surface area contributed by atoms with Crippen LogP contribution in [0.25, 0.3) is 11.0 Å². The molecule has 13 atom stereocenters. The summed E-state index contributed by atoms with van der Waals surface area (Å²) in [6, 6.07) is 2.22. The van der Waals surface area contributed by atoms with Crippen molar-refractivity contribution in [2.75, 3.05) is 19.8 Å². The van der Waals surface area contributed by atoms with Gasteiger partial charge in [0.15, 0.2) is 6.29 Å². The number of hydrogen-bond donors (Lipinski definition) is 9. The lowest BCUT2D eigenvalue weighted by molar-refractivity contribution is -0.330. The molecule has 2 aromatic rings. The van der Waals surface area contributed by atoms with Crippen molar-refractivity contribution in [1.29, 1.82) is 0 Å². The lowest BCUT2D eigenvalue weighted by Gasteiger charge is -2.48. The minimum absolute atomic E-state index is 0.00217. The third-order valence-corrected chi connectivity index (χ3v) is 9.54. The van der Waals surface area contributed by atoms with E-state index in [0.717, 1.165) is 6.07 Å². The van der Waals surface area contributed by atoms with E-state index in [2.05, 4.69) is 6.58 Å². The molecule has 0 unspecified atom stereocenters. The Labute approximate surface area is 282 Å². The number of cyclic esters (lactones) is 1. The zero-order valence-electron chi connectivity index (χ0n) is 26.5. The molecule has 0 bridgehead atoms. The number of rotatable bonds is 8. The molecular formula is C32H38O18. The standard InChI is InChI=1S/C32H38O18/c1-3-32(50-31-28(42)26(40)23(37)19(8-34)49-31)10-44-9-13-14(32)6-17(47-29(13)43)20-11(2)45-16-5-12(4-15(35)21(16)24(20)38)46-30-27(41)25(39)22(36)18(7-33)48-30/h3-5,9,14,17-19,22-23,25-28,30-31,33-37,39-42H,1,6-8,10H2,2H3/t14-,17-,18-,19-,22-,23-,25+,26+,27-,28-,30-,31+,32-/m1/s1. The number of ether oxygens (including phenoxy) is 6. The number of aromatic hydroxyl groups is 1. The molecule has 4 aliphatic heterocycles. The fourth-order valence-corrected chi connectivity index (χ4v) is 6.75. The summed E-state index contributed by atoms with van der Waals surface area (Å²) in [5.41, 5.74) is -2.69. The van der Waals surface area contributed by atoms with Gasteiger partial charge in [-0.25, -0.2) is 4.79 Å². The number of aliphatic hydroxyl groups excluding tert-OH is 8. The summed E-state index contributed by atoms with van der Waals surface area (Å²) < 4.78 is 39.6. The first-order valence-electron chi connectivity index (χ1n) is 15.7. The van der Waals surface area contributed by atoms with Crippen LogP contribution in [0.5, 0.6) is 11.5 Å². The number of carbonyl (C=O) groups excluding carboxylic acids is 1. The maximum atomic E-state index is 14.0. The van der Waals surface area contributed by atoms with Gasteiger partial charge in [-0.1, -0.05) is 6.08 Å². The predicted octanol–water partition coefficient (Wildman–Crippen LogP) is -2.75. The fraction of sp³-hybridized carbons (Fsp3) is 0.562. The molecule has 50 heavy (non-hydrogen) atoms. The van der Waals surface area contributed by atoms with E-state index in [4.69, 9.17) is 32.8 Å². The minimum atomic E-state index is -1.78. The van der Waals surface area contributed by atoms with E-state index < -0.39 is 109 Å². The van der Waals surface area contributed by atoms with Crippen LogP contribution >= 0.6 is 0 Å². The van der Waals surface area contributed by atoms with Crippen molar-refractivity contribution >= 4 is 16.9 Å². The van der Waals surface area contributed by atoms with Gasteiger partial charge in [-0.2, -0.15) is 0 Å². The van der Waals surface area contributed by atoms with E-state index >= 15 is 0 Å². The molecule has 4 aliphatic rings. The third kappa shape index (κ3) is 6.05. The highest BCUT2D eigenvalue weighted by Gasteiger charge is 2.54. The molecule has 5 heterocycles. The molecule has 18 nitrogen and oxygen atoms in total. The summed E-state index contributed by atoms with van der Waals surface area (Å²) in [4.78, 5) is 27.3. The Kier molecular flexibility index (Phi) is 9.98. The normalized spacial score (nSPS) is 38.8. The van der Waals surface area contributed by atoms with E-state index in [1.54, 1.807) is 0 Å². The van der Waals surface area contributed by atoms with Gasteiger partial charge in [0.25, 0.3) is 0 Å². The molecule has 1 aromatic carbocycles. The zero-order valence-corrected chi connectivity index (χ0v) is 26.5. The summed E-state index contributed by atoms with van der Waals surface area (Å²) in [6.07, 6.45) is -15.0. The SMILES string of the molecule is C=C[C@@]1(O[C@@H]2O[C@H](CO)[C@@H](O)[C@H](O)[C@H]2O)COC=C2C(=O)O[C@@H](c3c(C)oc4cc(O[C@@H]5O[C@H](CO)[C@@H](O)[C@H](O)[C@H]5O)cc(O)c4c3=O)C[C@H]21. The van der Waals surface area contributed by atoms with Gasteiger partial charge in [0, 0.05) is 18.1 Å². The Balaban J connectivity index is 1.30. The molecular weight excluding hydrogens is 672 g/mol. The molecule has 0 radical (unpaired) electrons. The molecule has 0 aliphatic carbocycles. The summed E-state index contributed by atoms with van der Waals surface area (Å²) in [5.74, 6) is -2.64. The van der Waals surface area contributed by atoms with Crippen LogP contribution in [0, 0.1) is 12.8 Å². The van der Waals surface area contributed by atoms with Crippen LogP contribution in [-0.2, 0) is 28.5 Å². The van der Waals surface area contributed by atoms with Gasteiger partial charge in [-0.05, 0) is 13.3 Å². The van der Waals surface area contributed by atoms with E-state index in [-0.39, 0.29) is 46.6 Å². The number of phenols is 1. The van der Waals surface area contributed by atoms with E-state index in [9.17, 15) is 55.5 Å².